The third-order valence-electron chi connectivity index (χ3n) is 3.03. The van der Waals surface area contributed by atoms with E-state index in [-0.39, 0.29) is 17.7 Å². The van der Waals surface area contributed by atoms with E-state index in [4.69, 9.17) is 5.11 Å². The summed E-state index contributed by atoms with van der Waals surface area (Å²) in [5.74, 6) is -1.55. The van der Waals surface area contributed by atoms with E-state index in [0.717, 1.165) is 11.6 Å². The summed E-state index contributed by atoms with van der Waals surface area (Å²) in [4.78, 5) is 10.9. The van der Waals surface area contributed by atoms with Gasteiger partial charge in [0.15, 0.2) is 0 Å². The van der Waals surface area contributed by atoms with Crippen molar-refractivity contribution >= 4 is 17.0 Å². The molecule has 0 unspecified atom stereocenters. The highest BCUT2D eigenvalue weighted by atomic mass is 19.1. The Kier molecular flexibility index (Phi) is 2.90. The fraction of sp³-hybridized carbons (Fsp3) is 0.0714. The number of carboxylic acid groups (broad SMARTS) is 1. The normalized spacial score (nSPS) is 10.8. The number of aromatic nitrogens is 3. The van der Waals surface area contributed by atoms with Crippen molar-refractivity contribution in [3.8, 4) is 0 Å². The van der Waals surface area contributed by atoms with Crippen LogP contribution < -0.4 is 0 Å². The molecule has 3 aromatic rings. The van der Waals surface area contributed by atoms with Gasteiger partial charge in [0.2, 0.25) is 0 Å². The lowest BCUT2D eigenvalue weighted by Gasteiger charge is -2.05. The summed E-state index contributed by atoms with van der Waals surface area (Å²) in [5.41, 5.74) is 1.79. The van der Waals surface area contributed by atoms with Crippen molar-refractivity contribution in [3.05, 3.63) is 59.4 Å². The van der Waals surface area contributed by atoms with Gasteiger partial charge in [0.05, 0.1) is 17.6 Å². The number of rotatable bonds is 3. The number of halogens is 1. The maximum Gasteiger partial charge on any atom is 0.335 e. The first-order chi connectivity index (χ1) is 9.65. The van der Waals surface area contributed by atoms with Gasteiger partial charge in [-0.1, -0.05) is 17.3 Å². The maximum atomic E-state index is 13.8. The Balaban J connectivity index is 2.02. The monoisotopic (exact) mass is 271 g/mol. The molecule has 1 aromatic heterocycles. The molecular formula is C14H10FN3O2. The van der Waals surface area contributed by atoms with E-state index in [1.54, 1.807) is 4.68 Å². The fourth-order valence-electron chi connectivity index (χ4n) is 2.02. The second kappa shape index (κ2) is 4.73. The number of hydrogen-bond donors (Lipinski definition) is 1. The van der Waals surface area contributed by atoms with Crippen LogP contribution in [0.2, 0.25) is 0 Å². The summed E-state index contributed by atoms with van der Waals surface area (Å²) in [6, 6.07) is 11.0. The second-order valence-electron chi connectivity index (χ2n) is 4.35. The number of carbonyl (C=O) groups is 1. The summed E-state index contributed by atoms with van der Waals surface area (Å²) in [5, 5.41) is 16.9. The molecule has 0 atom stereocenters. The molecule has 1 N–H and O–H groups in total. The minimum absolute atomic E-state index is 0.0471. The van der Waals surface area contributed by atoms with E-state index in [9.17, 15) is 9.18 Å². The van der Waals surface area contributed by atoms with Crippen LogP contribution in [0, 0.1) is 5.82 Å². The molecule has 3 rings (SSSR count). The van der Waals surface area contributed by atoms with Gasteiger partial charge in [-0.15, -0.1) is 5.10 Å². The second-order valence-corrected chi connectivity index (χ2v) is 4.35. The molecule has 0 saturated carbocycles. The quantitative estimate of drug-likeness (QED) is 0.793. The van der Waals surface area contributed by atoms with Gasteiger partial charge in [-0.2, -0.15) is 0 Å². The Bertz CT molecular complexity index is 798. The first-order valence-corrected chi connectivity index (χ1v) is 5.95. The van der Waals surface area contributed by atoms with Gasteiger partial charge in [-0.3, -0.25) is 0 Å². The number of hydrogen-bond acceptors (Lipinski definition) is 3. The molecule has 0 aliphatic carbocycles. The lowest BCUT2D eigenvalue weighted by atomic mass is 10.1. The summed E-state index contributed by atoms with van der Waals surface area (Å²) in [6.07, 6.45) is 0. The molecule has 20 heavy (non-hydrogen) atoms. The number of nitrogens with zero attached hydrogens (tertiary/aromatic N) is 3. The molecule has 0 bridgehead atoms. The van der Waals surface area contributed by atoms with Gasteiger partial charge in [0.1, 0.15) is 11.3 Å². The Hall–Kier alpha value is -2.76. The summed E-state index contributed by atoms with van der Waals surface area (Å²) in [6.45, 7) is 0.132. The van der Waals surface area contributed by atoms with E-state index in [2.05, 4.69) is 10.3 Å². The minimum atomic E-state index is -1.09. The minimum Gasteiger partial charge on any atom is -0.478 e. The van der Waals surface area contributed by atoms with Gasteiger partial charge in [0, 0.05) is 5.56 Å². The highest BCUT2D eigenvalue weighted by Gasteiger charge is 2.11. The zero-order valence-corrected chi connectivity index (χ0v) is 10.3. The van der Waals surface area contributed by atoms with Crippen LogP contribution in [0.1, 0.15) is 15.9 Å². The molecule has 0 aliphatic rings. The third kappa shape index (κ3) is 2.11. The van der Waals surface area contributed by atoms with E-state index in [0.29, 0.717) is 5.52 Å². The maximum absolute atomic E-state index is 13.8. The molecule has 0 aliphatic heterocycles. The summed E-state index contributed by atoms with van der Waals surface area (Å²) in [7, 11) is 0. The first kappa shape index (κ1) is 12.3. The average molecular weight is 271 g/mol. The topological polar surface area (TPSA) is 68.0 Å². The highest BCUT2D eigenvalue weighted by Crippen LogP contribution is 2.15. The first-order valence-electron chi connectivity index (χ1n) is 5.95. The summed E-state index contributed by atoms with van der Waals surface area (Å²) < 4.78 is 15.3. The van der Waals surface area contributed by atoms with Crippen molar-refractivity contribution in [2.75, 3.05) is 0 Å². The molecule has 100 valence electrons. The molecule has 1 heterocycles. The summed E-state index contributed by atoms with van der Waals surface area (Å²) >= 11 is 0. The molecule has 0 spiro atoms. The van der Waals surface area contributed by atoms with Crippen molar-refractivity contribution in [1.29, 1.82) is 0 Å². The van der Waals surface area contributed by atoms with Crippen LogP contribution in [-0.4, -0.2) is 26.1 Å². The van der Waals surface area contributed by atoms with Gasteiger partial charge in [0.25, 0.3) is 0 Å². The van der Waals surface area contributed by atoms with Crippen molar-refractivity contribution < 1.29 is 14.3 Å². The Labute approximate surface area is 113 Å². The third-order valence-corrected chi connectivity index (χ3v) is 3.03. The molecular weight excluding hydrogens is 261 g/mol. The Morgan fingerprint density at radius 1 is 1.25 bits per heavy atom. The highest BCUT2D eigenvalue weighted by molar-refractivity contribution is 5.87. The van der Waals surface area contributed by atoms with Crippen LogP contribution in [0.15, 0.2) is 42.5 Å². The number of aromatic carboxylic acids is 1. The standard InChI is InChI=1S/C14H10FN3O2/c15-11-6-5-9(14(19)20)7-10(11)8-18-13-4-2-1-3-12(13)16-17-18/h1-7H,8H2,(H,19,20). The van der Waals surface area contributed by atoms with E-state index in [1.165, 1.54) is 12.1 Å². The molecule has 6 heteroatoms. The van der Waals surface area contributed by atoms with E-state index >= 15 is 0 Å². The smallest absolute Gasteiger partial charge is 0.335 e. The van der Waals surface area contributed by atoms with Crippen LogP contribution in [0.3, 0.4) is 0 Å². The molecule has 2 aromatic carbocycles. The van der Waals surface area contributed by atoms with Crippen LogP contribution in [0.4, 0.5) is 4.39 Å². The molecule has 0 fully saturated rings. The average Bonchev–Trinajstić information content (AvgIpc) is 2.84. The van der Waals surface area contributed by atoms with Gasteiger partial charge in [-0.25, -0.2) is 13.9 Å². The fourth-order valence-corrected chi connectivity index (χ4v) is 2.02. The van der Waals surface area contributed by atoms with Crippen molar-refractivity contribution in [3.63, 3.8) is 0 Å². The number of para-hydroxylation sites is 1. The van der Waals surface area contributed by atoms with Gasteiger partial charge < -0.3 is 5.11 Å². The predicted octanol–water partition coefficient (Wildman–Crippen LogP) is 2.32. The lowest BCUT2D eigenvalue weighted by molar-refractivity contribution is 0.0696. The van der Waals surface area contributed by atoms with Crippen molar-refractivity contribution in [1.82, 2.24) is 15.0 Å². The zero-order valence-electron chi connectivity index (χ0n) is 10.3. The Morgan fingerprint density at radius 3 is 2.85 bits per heavy atom. The molecule has 0 saturated heterocycles. The van der Waals surface area contributed by atoms with Crippen LogP contribution in [0.25, 0.3) is 11.0 Å². The van der Waals surface area contributed by atoms with E-state index in [1.807, 2.05) is 24.3 Å². The molecule has 0 radical (unpaired) electrons. The van der Waals surface area contributed by atoms with Crippen LogP contribution in [-0.2, 0) is 6.54 Å². The number of benzene rings is 2. The lowest BCUT2D eigenvalue weighted by Crippen LogP contribution is -2.06. The molecule has 0 amide bonds. The predicted molar refractivity (Wildman–Crippen MR) is 70.0 cm³/mol. The van der Waals surface area contributed by atoms with Crippen LogP contribution in [0.5, 0.6) is 0 Å². The number of fused-ring (bicyclic) bond motifs is 1. The van der Waals surface area contributed by atoms with Gasteiger partial charge in [-0.05, 0) is 30.3 Å². The van der Waals surface area contributed by atoms with Crippen LogP contribution >= 0.6 is 0 Å². The number of carboxylic acids is 1. The zero-order chi connectivity index (χ0) is 14.1. The SMILES string of the molecule is O=C(O)c1ccc(F)c(Cn2nnc3ccccc32)c1. The Morgan fingerprint density at radius 2 is 2.05 bits per heavy atom. The molecule has 5 nitrogen and oxygen atoms in total. The largest absolute Gasteiger partial charge is 0.478 e. The van der Waals surface area contributed by atoms with Crippen molar-refractivity contribution in [2.45, 2.75) is 6.54 Å². The van der Waals surface area contributed by atoms with Crippen molar-refractivity contribution in [2.24, 2.45) is 0 Å². The van der Waals surface area contributed by atoms with Gasteiger partial charge >= 0.3 is 5.97 Å². The van der Waals surface area contributed by atoms with E-state index < -0.39 is 11.8 Å².